The fourth-order valence-electron chi connectivity index (χ4n) is 3.07. The highest BCUT2D eigenvalue weighted by Crippen LogP contribution is 2.16. The molecule has 5 nitrogen and oxygen atoms in total. The SMILES string of the molecule is O=C(CC1CCNC1)Nc1ccc(CN2CCOCC2)cc1. The molecule has 1 aromatic rings. The molecule has 2 saturated heterocycles. The Bertz CT molecular complexity index is 477. The smallest absolute Gasteiger partial charge is 0.224 e. The van der Waals surface area contributed by atoms with Crippen LogP contribution in [-0.2, 0) is 16.1 Å². The Morgan fingerprint density at radius 1 is 1.27 bits per heavy atom. The molecule has 2 aliphatic rings. The number of hydrogen-bond donors (Lipinski definition) is 2. The molecule has 2 N–H and O–H groups in total. The fourth-order valence-corrected chi connectivity index (χ4v) is 3.07. The van der Waals surface area contributed by atoms with Gasteiger partial charge in [-0.1, -0.05) is 12.1 Å². The zero-order chi connectivity index (χ0) is 15.2. The van der Waals surface area contributed by atoms with Crippen molar-refractivity contribution in [2.24, 2.45) is 5.92 Å². The van der Waals surface area contributed by atoms with Gasteiger partial charge in [0.2, 0.25) is 5.91 Å². The minimum Gasteiger partial charge on any atom is -0.379 e. The molecule has 2 fully saturated rings. The molecule has 1 amide bonds. The van der Waals surface area contributed by atoms with Gasteiger partial charge in [0.25, 0.3) is 0 Å². The molecule has 0 aliphatic carbocycles. The van der Waals surface area contributed by atoms with Crippen molar-refractivity contribution in [2.45, 2.75) is 19.4 Å². The van der Waals surface area contributed by atoms with Gasteiger partial charge in [0.15, 0.2) is 0 Å². The molecule has 5 heteroatoms. The predicted octanol–water partition coefficient (Wildman–Crippen LogP) is 1.46. The molecule has 0 bridgehead atoms. The molecule has 0 radical (unpaired) electrons. The Balaban J connectivity index is 1.47. The van der Waals surface area contributed by atoms with Gasteiger partial charge in [-0.2, -0.15) is 0 Å². The number of carbonyl (C=O) groups excluding carboxylic acids is 1. The first-order valence-electron chi connectivity index (χ1n) is 8.19. The molecule has 1 atom stereocenters. The Hall–Kier alpha value is -1.43. The van der Waals surface area contributed by atoms with Gasteiger partial charge in [-0.25, -0.2) is 0 Å². The highest BCUT2D eigenvalue weighted by atomic mass is 16.5. The summed E-state index contributed by atoms with van der Waals surface area (Å²) in [4.78, 5) is 14.4. The van der Waals surface area contributed by atoms with Crippen LogP contribution in [0.2, 0.25) is 0 Å². The zero-order valence-corrected chi connectivity index (χ0v) is 13.0. The minimum absolute atomic E-state index is 0.120. The molecule has 0 spiro atoms. The standard InChI is InChI=1S/C17H25N3O2/c21-17(11-15-5-6-18-12-15)19-16-3-1-14(2-4-16)13-20-7-9-22-10-8-20/h1-4,15,18H,5-13H2,(H,19,21). The van der Waals surface area contributed by atoms with Crippen LogP contribution in [-0.4, -0.2) is 50.2 Å². The quantitative estimate of drug-likeness (QED) is 0.865. The molecular formula is C17H25N3O2. The van der Waals surface area contributed by atoms with Crippen LogP contribution in [0, 0.1) is 5.92 Å². The molecule has 1 unspecified atom stereocenters. The van der Waals surface area contributed by atoms with E-state index in [0.29, 0.717) is 12.3 Å². The van der Waals surface area contributed by atoms with E-state index >= 15 is 0 Å². The molecular weight excluding hydrogens is 278 g/mol. The molecule has 0 saturated carbocycles. The maximum atomic E-state index is 12.0. The lowest BCUT2D eigenvalue weighted by molar-refractivity contribution is -0.116. The second-order valence-electron chi connectivity index (χ2n) is 6.20. The van der Waals surface area contributed by atoms with E-state index in [9.17, 15) is 4.79 Å². The van der Waals surface area contributed by atoms with Crippen molar-refractivity contribution < 1.29 is 9.53 Å². The number of carbonyl (C=O) groups is 1. The van der Waals surface area contributed by atoms with Gasteiger partial charge >= 0.3 is 0 Å². The van der Waals surface area contributed by atoms with Crippen molar-refractivity contribution in [3.05, 3.63) is 29.8 Å². The van der Waals surface area contributed by atoms with Crippen molar-refractivity contribution in [3.63, 3.8) is 0 Å². The van der Waals surface area contributed by atoms with Crippen LogP contribution in [0.1, 0.15) is 18.4 Å². The topological polar surface area (TPSA) is 53.6 Å². The number of rotatable bonds is 5. The van der Waals surface area contributed by atoms with Gasteiger partial charge in [-0.15, -0.1) is 0 Å². The number of anilines is 1. The van der Waals surface area contributed by atoms with Gasteiger partial charge in [0.05, 0.1) is 13.2 Å². The lowest BCUT2D eigenvalue weighted by Crippen LogP contribution is -2.35. The average Bonchev–Trinajstić information content (AvgIpc) is 3.03. The number of nitrogens with zero attached hydrogens (tertiary/aromatic N) is 1. The highest BCUT2D eigenvalue weighted by Gasteiger charge is 2.18. The van der Waals surface area contributed by atoms with E-state index in [1.807, 2.05) is 12.1 Å². The van der Waals surface area contributed by atoms with E-state index in [0.717, 1.165) is 58.0 Å². The highest BCUT2D eigenvalue weighted by molar-refractivity contribution is 5.90. The Morgan fingerprint density at radius 2 is 2.05 bits per heavy atom. The van der Waals surface area contributed by atoms with Crippen molar-refractivity contribution in [1.29, 1.82) is 0 Å². The molecule has 3 rings (SSSR count). The molecule has 22 heavy (non-hydrogen) atoms. The Labute approximate surface area is 132 Å². The van der Waals surface area contributed by atoms with Crippen molar-refractivity contribution in [3.8, 4) is 0 Å². The van der Waals surface area contributed by atoms with Crippen LogP contribution in [0.3, 0.4) is 0 Å². The summed E-state index contributed by atoms with van der Waals surface area (Å²) >= 11 is 0. The average molecular weight is 303 g/mol. The van der Waals surface area contributed by atoms with E-state index in [1.54, 1.807) is 0 Å². The molecule has 1 aromatic carbocycles. The summed E-state index contributed by atoms with van der Waals surface area (Å²) in [6.45, 7) is 6.58. The second-order valence-corrected chi connectivity index (χ2v) is 6.20. The van der Waals surface area contributed by atoms with E-state index in [4.69, 9.17) is 4.74 Å². The summed E-state index contributed by atoms with van der Waals surface area (Å²) in [5.41, 5.74) is 2.17. The summed E-state index contributed by atoms with van der Waals surface area (Å²) in [5, 5.41) is 6.29. The third kappa shape index (κ3) is 4.53. The summed E-state index contributed by atoms with van der Waals surface area (Å²) in [6.07, 6.45) is 1.72. The molecule has 120 valence electrons. The van der Waals surface area contributed by atoms with Crippen molar-refractivity contribution in [1.82, 2.24) is 10.2 Å². The van der Waals surface area contributed by atoms with Crippen LogP contribution >= 0.6 is 0 Å². The number of amides is 1. The summed E-state index contributed by atoms with van der Waals surface area (Å²) in [5.74, 6) is 0.607. The maximum absolute atomic E-state index is 12.0. The first-order valence-corrected chi connectivity index (χ1v) is 8.19. The lowest BCUT2D eigenvalue weighted by Gasteiger charge is -2.26. The monoisotopic (exact) mass is 303 g/mol. The van der Waals surface area contributed by atoms with E-state index < -0.39 is 0 Å². The molecule has 2 aliphatic heterocycles. The fraction of sp³-hybridized carbons (Fsp3) is 0.588. The van der Waals surface area contributed by atoms with E-state index in [-0.39, 0.29) is 5.91 Å². The minimum atomic E-state index is 0.120. The lowest BCUT2D eigenvalue weighted by atomic mass is 10.0. The van der Waals surface area contributed by atoms with Gasteiger partial charge < -0.3 is 15.4 Å². The number of benzene rings is 1. The number of nitrogens with one attached hydrogen (secondary N) is 2. The number of hydrogen-bond acceptors (Lipinski definition) is 4. The number of ether oxygens (including phenoxy) is 1. The van der Waals surface area contributed by atoms with E-state index in [1.165, 1.54) is 5.56 Å². The second kappa shape index (κ2) is 7.72. The largest absolute Gasteiger partial charge is 0.379 e. The zero-order valence-electron chi connectivity index (χ0n) is 13.0. The molecule has 0 aromatic heterocycles. The third-order valence-corrected chi connectivity index (χ3v) is 4.38. The van der Waals surface area contributed by atoms with Gasteiger partial charge in [-0.3, -0.25) is 9.69 Å². The van der Waals surface area contributed by atoms with Gasteiger partial charge in [0, 0.05) is 31.7 Å². The van der Waals surface area contributed by atoms with Crippen LogP contribution in [0.5, 0.6) is 0 Å². The Morgan fingerprint density at radius 3 is 2.73 bits per heavy atom. The van der Waals surface area contributed by atoms with E-state index in [2.05, 4.69) is 27.7 Å². The summed E-state index contributed by atoms with van der Waals surface area (Å²) in [7, 11) is 0. The van der Waals surface area contributed by atoms with Crippen LogP contribution in [0.4, 0.5) is 5.69 Å². The summed E-state index contributed by atoms with van der Waals surface area (Å²) < 4.78 is 5.36. The van der Waals surface area contributed by atoms with Crippen LogP contribution in [0.25, 0.3) is 0 Å². The van der Waals surface area contributed by atoms with Gasteiger partial charge in [-0.05, 0) is 43.1 Å². The normalized spacial score (nSPS) is 22.6. The van der Waals surface area contributed by atoms with Crippen LogP contribution in [0.15, 0.2) is 24.3 Å². The molecule has 2 heterocycles. The predicted molar refractivity (Wildman–Crippen MR) is 86.8 cm³/mol. The Kier molecular flexibility index (Phi) is 5.43. The van der Waals surface area contributed by atoms with Crippen molar-refractivity contribution in [2.75, 3.05) is 44.7 Å². The van der Waals surface area contributed by atoms with Gasteiger partial charge in [0.1, 0.15) is 0 Å². The first-order chi connectivity index (χ1) is 10.8. The summed E-state index contributed by atoms with van der Waals surface area (Å²) in [6, 6.07) is 8.20. The third-order valence-electron chi connectivity index (χ3n) is 4.38. The maximum Gasteiger partial charge on any atom is 0.224 e. The first kappa shape index (κ1) is 15.5. The van der Waals surface area contributed by atoms with Crippen LogP contribution < -0.4 is 10.6 Å². The van der Waals surface area contributed by atoms with Crippen molar-refractivity contribution >= 4 is 11.6 Å². The number of morpholine rings is 1.